The van der Waals surface area contributed by atoms with Crippen LogP contribution in [0.25, 0.3) is 0 Å². The number of benzene rings is 1. The van der Waals surface area contributed by atoms with Crippen molar-refractivity contribution in [2.75, 3.05) is 13.7 Å². The fourth-order valence-electron chi connectivity index (χ4n) is 1.24. The molecule has 0 unspecified atom stereocenters. The molecule has 1 aromatic rings. The Morgan fingerprint density at radius 3 is 2.44 bits per heavy atom. The number of carbonyl (C=O) groups is 2. The summed E-state index contributed by atoms with van der Waals surface area (Å²) in [5, 5.41) is 0. The zero-order valence-electron chi connectivity index (χ0n) is 9.05. The maximum Gasteiger partial charge on any atom is 0.325 e. The fraction of sp³-hybridized carbons (Fsp3) is 0.273. The third kappa shape index (κ3) is 3.61. The monoisotopic (exact) mass is 222 g/mol. The molecule has 5 heteroatoms. The lowest BCUT2D eigenvalue weighted by atomic mass is 10.2. The Morgan fingerprint density at radius 2 is 1.94 bits per heavy atom. The summed E-state index contributed by atoms with van der Waals surface area (Å²) in [5.41, 5.74) is 6.07. The summed E-state index contributed by atoms with van der Waals surface area (Å²) in [7, 11) is 1.27. The molecule has 0 atom stereocenters. The van der Waals surface area contributed by atoms with E-state index in [4.69, 9.17) is 5.73 Å². The van der Waals surface area contributed by atoms with Crippen LogP contribution < -0.4 is 5.73 Å². The van der Waals surface area contributed by atoms with Crippen LogP contribution in [0.2, 0.25) is 0 Å². The smallest absolute Gasteiger partial charge is 0.325 e. The van der Waals surface area contributed by atoms with Gasteiger partial charge in [0.1, 0.15) is 6.54 Å². The highest BCUT2D eigenvalue weighted by Gasteiger charge is 2.14. The SMILES string of the molecule is COC(=O)CN(Cc1ccccc1)C(N)=O. The lowest BCUT2D eigenvalue weighted by molar-refractivity contribution is -0.141. The molecule has 0 spiro atoms. The number of rotatable bonds is 4. The van der Waals surface area contributed by atoms with Crippen molar-refractivity contribution in [2.45, 2.75) is 6.54 Å². The van der Waals surface area contributed by atoms with Gasteiger partial charge in [-0.1, -0.05) is 30.3 Å². The standard InChI is InChI=1S/C11H14N2O3/c1-16-10(14)8-13(11(12)15)7-9-5-3-2-4-6-9/h2-6H,7-8H2,1H3,(H2,12,15). The van der Waals surface area contributed by atoms with Crippen molar-refractivity contribution >= 4 is 12.0 Å². The van der Waals surface area contributed by atoms with E-state index in [0.29, 0.717) is 6.54 Å². The number of amides is 2. The van der Waals surface area contributed by atoms with Crippen LogP contribution in [0.15, 0.2) is 30.3 Å². The molecular weight excluding hydrogens is 208 g/mol. The topological polar surface area (TPSA) is 72.6 Å². The third-order valence-corrected chi connectivity index (χ3v) is 2.08. The minimum Gasteiger partial charge on any atom is -0.468 e. The second-order valence-corrected chi connectivity index (χ2v) is 3.26. The zero-order chi connectivity index (χ0) is 12.0. The molecule has 0 saturated carbocycles. The molecule has 0 aliphatic heterocycles. The zero-order valence-corrected chi connectivity index (χ0v) is 9.05. The van der Waals surface area contributed by atoms with E-state index in [0.717, 1.165) is 5.56 Å². The van der Waals surface area contributed by atoms with Crippen molar-refractivity contribution in [1.82, 2.24) is 4.90 Å². The van der Waals surface area contributed by atoms with Crippen molar-refractivity contribution in [2.24, 2.45) is 5.73 Å². The molecule has 0 radical (unpaired) electrons. The minimum absolute atomic E-state index is 0.138. The van der Waals surface area contributed by atoms with Crippen LogP contribution in [0, 0.1) is 0 Å². The molecule has 16 heavy (non-hydrogen) atoms. The first-order valence-electron chi connectivity index (χ1n) is 4.78. The Kier molecular flexibility index (Phi) is 4.32. The average molecular weight is 222 g/mol. The molecular formula is C11H14N2O3. The van der Waals surface area contributed by atoms with Gasteiger partial charge in [-0.2, -0.15) is 0 Å². The summed E-state index contributed by atoms with van der Waals surface area (Å²) >= 11 is 0. The van der Waals surface area contributed by atoms with Gasteiger partial charge in [0.05, 0.1) is 7.11 Å². The Bertz CT molecular complexity index is 365. The van der Waals surface area contributed by atoms with E-state index >= 15 is 0 Å². The van der Waals surface area contributed by atoms with E-state index in [1.165, 1.54) is 12.0 Å². The van der Waals surface area contributed by atoms with Crippen molar-refractivity contribution in [3.05, 3.63) is 35.9 Å². The molecule has 2 amide bonds. The molecule has 0 heterocycles. The van der Waals surface area contributed by atoms with Gasteiger partial charge in [-0.15, -0.1) is 0 Å². The first kappa shape index (κ1) is 12.0. The van der Waals surface area contributed by atoms with Gasteiger partial charge in [-0.3, -0.25) is 4.79 Å². The number of hydrogen-bond donors (Lipinski definition) is 1. The van der Waals surface area contributed by atoms with E-state index in [2.05, 4.69) is 4.74 Å². The Balaban J connectivity index is 2.65. The first-order chi connectivity index (χ1) is 7.63. The second-order valence-electron chi connectivity index (χ2n) is 3.26. The highest BCUT2D eigenvalue weighted by Crippen LogP contribution is 2.04. The highest BCUT2D eigenvalue weighted by atomic mass is 16.5. The van der Waals surface area contributed by atoms with Crippen molar-refractivity contribution < 1.29 is 14.3 Å². The van der Waals surface area contributed by atoms with Crippen molar-refractivity contribution in [3.63, 3.8) is 0 Å². The average Bonchev–Trinajstić information content (AvgIpc) is 2.29. The Hall–Kier alpha value is -2.04. The number of urea groups is 1. The van der Waals surface area contributed by atoms with Gasteiger partial charge in [0.2, 0.25) is 0 Å². The molecule has 2 N–H and O–H groups in total. The number of ether oxygens (including phenoxy) is 1. The maximum absolute atomic E-state index is 11.1. The van der Waals surface area contributed by atoms with E-state index in [1.54, 1.807) is 0 Å². The quantitative estimate of drug-likeness (QED) is 0.764. The van der Waals surface area contributed by atoms with Gasteiger partial charge in [-0.25, -0.2) is 4.79 Å². The van der Waals surface area contributed by atoms with Crippen LogP contribution in [0.5, 0.6) is 0 Å². The molecule has 5 nitrogen and oxygen atoms in total. The summed E-state index contributed by atoms with van der Waals surface area (Å²) in [6.45, 7) is 0.159. The summed E-state index contributed by atoms with van der Waals surface area (Å²) in [6.07, 6.45) is 0. The molecule has 0 bridgehead atoms. The molecule has 0 aliphatic rings. The highest BCUT2D eigenvalue weighted by molar-refractivity contribution is 5.79. The molecule has 0 fully saturated rings. The summed E-state index contributed by atoms with van der Waals surface area (Å²) in [4.78, 5) is 23.4. The van der Waals surface area contributed by atoms with Crippen molar-refractivity contribution in [3.8, 4) is 0 Å². The van der Waals surface area contributed by atoms with Crippen LogP contribution in [-0.4, -0.2) is 30.6 Å². The third-order valence-electron chi connectivity index (χ3n) is 2.08. The number of nitrogens with two attached hydrogens (primary N) is 1. The lowest BCUT2D eigenvalue weighted by Gasteiger charge is -2.18. The number of hydrogen-bond acceptors (Lipinski definition) is 3. The number of esters is 1. The van der Waals surface area contributed by atoms with Crippen LogP contribution in [0.1, 0.15) is 5.56 Å². The number of carbonyl (C=O) groups excluding carboxylic acids is 2. The van der Waals surface area contributed by atoms with Crippen molar-refractivity contribution in [1.29, 1.82) is 0 Å². The normalized spacial score (nSPS) is 9.56. The van der Waals surface area contributed by atoms with Gasteiger partial charge < -0.3 is 15.4 Å². The fourth-order valence-corrected chi connectivity index (χ4v) is 1.24. The van der Waals surface area contributed by atoms with E-state index in [-0.39, 0.29) is 6.54 Å². The molecule has 0 saturated heterocycles. The molecule has 86 valence electrons. The van der Waals surface area contributed by atoms with E-state index in [9.17, 15) is 9.59 Å². The Labute approximate surface area is 93.8 Å². The van der Waals surface area contributed by atoms with Crippen LogP contribution >= 0.6 is 0 Å². The molecule has 0 aromatic heterocycles. The van der Waals surface area contributed by atoms with Crippen LogP contribution in [-0.2, 0) is 16.1 Å². The predicted octanol–water partition coefficient (Wildman–Crippen LogP) is 0.740. The van der Waals surface area contributed by atoms with Gasteiger partial charge in [0.15, 0.2) is 0 Å². The summed E-state index contributed by atoms with van der Waals surface area (Å²) in [6, 6.07) is 8.65. The lowest BCUT2D eigenvalue weighted by Crippen LogP contribution is -2.39. The van der Waals surface area contributed by atoms with Gasteiger partial charge in [0.25, 0.3) is 0 Å². The number of nitrogens with zero attached hydrogens (tertiary/aromatic N) is 1. The molecule has 1 rings (SSSR count). The Morgan fingerprint density at radius 1 is 1.31 bits per heavy atom. The van der Waals surface area contributed by atoms with E-state index in [1.807, 2.05) is 30.3 Å². The molecule has 1 aromatic carbocycles. The van der Waals surface area contributed by atoms with Crippen LogP contribution in [0.4, 0.5) is 4.79 Å². The summed E-state index contributed by atoms with van der Waals surface area (Å²) in [5.74, 6) is -0.491. The number of methoxy groups -OCH3 is 1. The summed E-state index contributed by atoms with van der Waals surface area (Å²) < 4.78 is 4.48. The van der Waals surface area contributed by atoms with Gasteiger partial charge in [-0.05, 0) is 5.56 Å². The second kappa shape index (κ2) is 5.75. The predicted molar refractivity (Wildman–Crippen MR) is 58.5 cm³/mol. The number of primary amides is 1. The maximum atomic E-state index is 11.1. The van der Waals surface area contributed by atoms with Gasteiger partial charge >= 0.3 is 12.0 Å². The molecule has 0 aliphatic carbocycles. The largest absolute Gasteiger partial charge is 0.468 e. The van der Waals surface area contributed by atoms with Crippen LogP contribution in [0.3, 0.4) is 0 Å². The van der Waals surface area contributed by atoms with Gasteiger partial charge in [0, 0.05) is 6.54 Å². The first-order valence-corrected chi connectivity index (χ1v) is 4.78. The minimum atomic E-state index is -0.644. The van der Waals surface area contributed by atoms with E-state index < -0.39 is 12.0 Å².